The van der Waals surface area contributed by atoms with Crippen LogP contribution in [0.15, 0.2) is 54.0 Å². The Balaban J connectivity index is 1.77. The molecule has 4 nitrogen and oxygen atoms in total. The Hall–Kier alpha value is -2.17. The molecule has 0 aromatic heterocycles. The van der Waals surface area contributed by atoms with Gasteiger partial charge in [-0.05, 0) is 55.2 Å². The van der Waals surface area contributed by atoms with Crippen molar-refractivity contribution in [3.05, 3.63) is 70.2 Å². The molecule has 0 unspecified atom stereocenters. The number of para-hydroxylation sites is 1. The normalized spacial score (nSPS) is 16.8. The number of benzene rings is 2. The Morgan fingerprint density at radius 1 is 1.05 bits per heavy atom. The number of anilines is 2. The first-order valence-electron chi connectivity index (χ1n) is 7.28. The minimum absolute atomic E-state index is 0.250. The molecular weight excluding hydrogens is 298 g/mol. The molecule has 2 heterocycles. The second-order valence-corrected chi connectivity index (χ2v) is 6.04. The topological polar surface area (TPSA) is 38.7 Å². The van der Waals surface area contributed by atoms with E-state index >= 15 is 0 Å². The van der Waals surface area contributed by atoms with Crippen molar-refractivity contribution in [2.24, 2.45) is 0 Å². The van der Waals surface area contributed by atoms with Crippen molar-refractivity contribution in [1.82, 2.24) is 5.53 Å². The highest BCUT2D eigenvalue weighted by molar-refractivity contribution is 6.30. The maximum Gasteiger partial charge on any atom is 0.229 e. The van der Waals surface area contributed by atoms with E-state index in [9.17, 15) is 5.11 Å². The van der Waals surface area contributed by atoms with E-state index < -0.39 is 0 Å². The molecule has 112 valence electrons. The molecule has 2 aliphatic rings. The number of nitrogens with zero attached hydrogens (tertiary/aromatic N) is 2. The van der Waals surface area contributed by atoms with Gasteiger partial charge in [-0.1, -0.05) is 29.8 Å². The number of hydrogen-bond acceptors (Lipinski definition) is 4. The number of aliphatic hydroxyl groups excluding tert-OH is 1. The molecule has 0 saturated heterocycles. The van der Waals surface area contributed by atoms with Gasteiger partial charge in [0.05, 0.1) is 17.1 Å². The average molecular weight is 314 g/mol. The summed E-state index contributed by atoms with van der Waals surface area (Å²) >= 11 is 6.03. The highest BCUT2D eigenvalue weighted by atomic mass is 35.5. The van der Waals surface area contributed by atoms with Gasteiger partial charge in [0.2, 0.25) is 5.88 Å². The van der Waals surface area contributed by atoms with Crippen LogP contribution in [0, 0.1) is 6.92 Å². The van der Waals surface area contributed by atoms with Gasteiger partial charge in [0.15, 0.2) is 0 Å². The summed E-state index contributed by atoms with van der Waals surface area (Å²) in [5.41, 5.74) is 8.43. The Morgan fingerprint density at radius 2 is 1.86 bits per heavy atom. The fourth-order valence-electron chi connectivity index (χ4n) is 3.09. The van der Waals surface area contributed by atoms with Gasteiger partial charge in [0.25, 0.3) is 0 Å². The van der Waals surface area contributed by atoms with Gasteiger partial charge in [-0.3, -0.25) is 5.01 Å². The fraction of sp³-hybridized carbons (Fsp3) is 0.176. The lowest BCUT2D eigenvalue weighted by Gasteiger charge is -2.29. The smallest absolute Gasteiger partial charge is 0.229 e. The molecule has 0 radical (unpaired) electrons. The van der Waals surface area contributed by atoms with Crippen LogP contribution in [0.4, 0.5) is 11.4 Å². The van der Waals surface area contributed by atoms with Crippen molar-refractivity contribution in [1.29, 1.82) is 0 Å². The number of halogens is 1. The summed E-state index contributed by atoms with van der Waals surface area (Å²) in [6, 6.07) is 13.9. The molecule has 0 atom stereocenters. The largest absolute Gasteiger partial charge is 0.492 e. The summed E-state index contributed by atoms with van der Waals surface area (Å²) in [5, 5.41) is 15.0. The number of hydrogen-bond donors (Lipinski definition) is 2. The lowest BCUT2D eigenvalue weighted by Crippen LogP contribution is -2.43. The molecule has 0 saturated carbocycles. The Kier molecular flexibility index (Phi) is 3.03. The minimum Gasteiger partial charge on any atom is -0.492 e. The Labute approximate surface area is 134 Å². The summed E-state index contributed by atoms with van der Waals surface area (Å²) < 4.78 is 0. The first kappa shape index (κ1) is 13.5. The van der Waals surface area contributed by atoms with Crippen molar-refractivity contribution < 1.29 is 5.11 Å². The van der Waals surface area contributed by atoms with E-state index in [1.165, 1.54) is 5.56 Å². The van der Waals surface area contributed by atoms with E-state index in [0.717, 1.165) is 35.5 Å². The maximum atomic E-state index is 10.6. The van der Waals surface area contributed by atoms with E-state index in [0.29, 0.717) is 5.02 Å². The van der Waals surface area contributed by atoms with Crippen LogP contribution in [0.2, 0.25) is 5.02 Å². The summed E-state index contributed by atoms with van der Waals surface area (Å²) in [6.07, 6.45) is 1.74. The van der Waals surface area contributed by atoms with Gasteiger partial charge in [0.1, 0.15) is 0 Å². The summed E-state index contributed by atoms with van der Waals surface area (Å²) in [4.78, 5) is 0. The first-order valence-corrected chi connectivity index (χ1v) is 7.65. The van der Waals surface area contributed by atoms with Crippen LogP contribution in [0.5, 0.6) is 0 Å². The van der Waals surface area contributed by atoms with Gasteiger partial charge in [-0.2, -0.15) is 0 Å². The molecule has 0 fully saturated rings. The number of aliphatic hydroxyl groups is 1. The van der Waals surface area contributed by atoms with E-state index in [1.54, 1.807) is 5.01 Å². The summed E-state index contributed by atoms with van der Waals surface area (Å²) in [6.45, 7) is 1.98. The summed E-state index contributed by atoms with van der Waals surface area (Å²) in [7, 11) is 0. The van der Waals surface area contributed by atoms with Crippen LogP contribution in [-0.4, -0.2) is 5.11 Å². The van der Waals surface area contributed by atoms with Gasteiger partial charge < -0.3 is 5.11 Å². The van der Waals surface area contributed by atoms with Crippen molar-refractivity contribution >= 4 is 23.0 Å². The first-order chi connectivity index (χ1) is 10.6. The molecule has 0 aliphatic carbocycles. The number of allylic oxidation sites excluding steroid dienone is 1. The van der Waals surface area contributed by atoms with Crippen molar-refractivity contribution in [3.8, 4) is 0 Å². The maximum absolute atomic E-state index is 10.6. The standard InChI is InChI=1S/C17H16ClN3O/c1-11-10-13(18)7-9-14(11)21-17(22)16-8-6-12-4-2-3-5-15(12)20(16)19-21/h2-5,7,9-10,19,22H,6,8H2,1H3. The fourth-order valence-corrected chi connectivity index (χ4v) is 3.32. The second-order valence-electron chi connectivity index (χ2n) is 5.60. The Morgan fingerprint density at radius 3 is 2.68 bits per heavy atom. The third kappa shape index (κ3) is 1.95. The van der Waals surface area contributed by atoms with Crippen LogP contribution >= 0.6 is 11.6 Å². The van der Waals surface area contributed by atoms with Crippen LogP contribution in [-0.2, 0) is 6.42 Å². The third-order valence-electron chi connectivity index (χ3n) is 4.20. The zero-order valence-electron chi connectivity index (χ0n) is 12.2. The zero-order chi connectivity index (χ0) is 15.3. The van der Waals surface area contributed by atoms with Gasteiger partial charge in [-0.25, -0.2) is 5.01 Å². The summed E-state index contributed by atoms with van der Waals surface area (Å²) in [5.74, 6) is 0.250. The molecule has 0 spiro atoms. The second kappa shape index (κ2) is 4.93. The van der Waals surface area contributed by atoms with E-state index in [-0.39, 0.29) is 5.88 Å². The van der Waals surface area contributed by atoms with Gasteiger partial charge >= 0.3 is 0 Å². The Bertz CT molecular complexity index is 787. The number of rotatable bonds is 1. The van der Waals surface area contributed by atoms with Gasteiger partial charge in [0, 0.05) is 5.02 Å². The molecule has 2 aromatic carbocycles. The van der Waals surface area contributed by atoms with Crippen LogP contribution < -0.4 is 15.6 Å². The van der Waals surface area contributed by atoms with Crippen LogP contribution in [0.25, 0.3) is 0 Å². The molecular formula is C17H16ClN3O. The number of fused-ring (bicyclic) bond motifs is 3. The number of nitrogens with one attached hydrogen (secondary N) is 1. The lowest BCUT2D eigenvalue weighted by molar-refractivity contribution is 0.386. The van der Waals surface area contributed by atoms with Crippen LogP contribution in [0.3, 0.4) is 0 Å². The quantitative estimate of drug-likeness (QED) is 0.832. The van der Waals surface area contributed by atoms with Crippen molar-refractivity contribution in [2.75, 3.05) is 10.0 Å². The average Bonchev–Trinajstić information content (AvgIpc) is 2.85. The number of aryl methyl sites for hydroxylation is 2. The third-order valence-corrected chi connectivity index (χ3v) is 4.44. The highest BCUT2D eigenvalue weighted by Crippen LogP contribution is 2.38. The highest BCUT2D eigenvalue weighted by Gasteiger charge is 2.34. The van der Waals surface area contributed by atoms with Crippen LogP contribution in [0.1, 0.15) is 17.5 Å². The van der Waals surface area contributed by atoms with Gasteiger partial charge in [-0.15, -0.1) is 5.53 Å². The predicted octanol–water partition coefficient (Wildman–Crippen LogP) is 4.07. The lowest BCUT2D eigenvalue weighted by atomic mass is 10.0. The number of hydrazine groups is 2. The SMILES string of the molecule is Cc1cc(Cl)ccc1N1NN2C(=C1O)CCc1ccccc12. The van der Waals surface area contributed by atoms with E-state index in [1.807, 2.05) is 42.3 Å². The molecule has 0 bridgehead atoms. The van der Waals surface area contributed by atoms with E-state index in [4.69, 9.17) is 11.6 Å². The molecule has 2 N–H and O–H groups in total. The molecule has 5 heteroatoms. The predicted molar refractivity (Wildman–Crippen MR) is 88.7 cm³/mol. The zero-order valence-corrected chi connectivity index (χ0v) is 12.9. The molecule has 0 amide bonds. The molecule has 4 rings (SSSR count). The minimum atomic E-state index is 0.250. The van der Waals surface area contributed by atoms with Crippen molar-refractivity contribution in [3.63, 3.8) is 0 Å². The molecule has 2 aliphatic heterocycles. The monoisotopic (exact) mass is 313 g/mol. The van der Waals surface area contributed by atoms with Crippen molar-refractivity contribution in [2.45, 2.75) is 19.8 Å². The molecule has 2 aromatic rings. The van der Waals surface area contributed by atoms with E-state index in [2.05, 4.69) is 17.7 Å². The molecule has 22 heavy (non-hydrogen) atoms.